The molecule has 1 aromatic heterocycles. The van der Waals surface area contributed by atoms with Gasteiger partial charge in [-0.15, -0.1) is 11.8 Å². The van der Waals surface area contributed by atoms with E-state index in [-0.39, 0.29) is 0 Å². The molecule has 0 aromatic carbocycles. The van der Waals surface area contributed by atoms with E-state index in [1.54, 1.807) is 31.1 Å². The van der Waals surface area contributed by atoms with Crippen LogP contribution in [0, 0.1) is 0 Å². The number of hydrogen-bond acceptors (Lipinski definition) is 3. The first-order chi connectivity index (χ1) is 5.27. The number of methoxy groups -OCH3 is 1. The predicted molar refractivity (Wildman–Crippen MR) is 47.6 cm³/mol. The molecule has 0 spiro atoms. The van der Waals surface area contributed by atoms with Crippen molar-refractivity contribution in [2.45, 2.75) is 4.90 Å². The molecular formula is C7H8ClNOS. The molecule has 0 aliphatic carbocycles. The van der Waals surface area contributed by atoms with Gasteiger partial charge in [0.2, 0.25) is 5.88 Å². The van der Waals surface area contributed by atoms with Gasteiger partial charge < -0.3 is 4.74 Å². The summed E-state index contributed by atoms with van der Waals surface area (Å²) in [6, 6.07) is 1.70. The van der Waals surface area contributed by atoms with Crippen molar-refractivity contribution in [3.8, 4) is 5.88 Å². The number of nitrogens with zero attached hydrogens (tertiary/aromatic N) is 1. The zero-order valence-electron chi connectivity index (χ0n) is 6.30. The third-order valence-corrected chi connectivity index (χ3v) is 2.41. The van der Waals surface area contributed by atoms with E-state index in [9.17, 15) is 0 Å². The van der Waals surface area contributed by atoms with Gasteiger partial charge in [-0.1, -0.05) is 11.6 Å². The van der Waals surface area contributed by atoms with Gasteiger partial charge >= 0.3 is 0 Å². The van der Waals surface area contributed by atoms with Crippen molar-refractivity contribution >= 4 is 23.4 Å². The van der Waals surface area contributed by atoms with Crippen molar-refractivity contribution in [3.05, 3.63) is 17.3 Å². The minimum Gasteiger partial charge on any atom is -0.481 e. The van der Waals surface area contributed by atoms with E-state index < -0.39 is 0 Å². The fourth-order valence-corrected chi connectivity index (χ4v) is 1.45. The lowest BCUT2D eigenvalue weighted by atomic mass is 10.5. The van der Waals surface area contributed by atoms with Crippen LogP contribution >= 0.6 is 23.4 Å². The molecule has 0 bridgehead atoms. The van der Waals surface area contributed by atoms with E-state index >= 15 is 0 Å². The van der Waals surface area contributed by atoms with Gasteiger partial charge in [-0.25, -0.2) is 4.98 Å². The highest BCUT2D eigenvalue weighted by Gasteiger charge is 2.00. The lowest BCUT2D eigenvalue weighted by Gasteiger charge is -2.01. The van der Waals surface area contributed by atoms with E-state index in [0.717, 1.165) is 4.90 Å². The van der Waals surface area contributed by atoms with Crippen molar-refractivity contribution in [2.24, 2.45) is 0 Å². The van der Waals surface area contributed by atoms with Gasteiger partial charge in [0.05, 0.1) is 12.1 Å². The molecule has 0 fully saturated rings. The molecule has 11 heavy (non-hydrogen) atoms. The average Bonchev–Trinajstić information content (AvgIpc) is 2.04. The fourth-order valence-electron chi connectivity index (χ4n) is 0.663. The van der Waals surface area contributed by atoms with Gasteiger partial charge in [0, 0.05) is 17.2 Å². The molecule has 60 valence electrons. The van der Waals surface area contributed by atoms with Crippen LogP contribution in [-0.2, 0) is 0 Å². The Bertz CT molecular complexity index is 254. The molecule has 0 aliphatic rings. The summed E-state index contributed by atoms with van der Waals surface area (Å²) in [5.41, 5.74) is 0. The highest BCUT2D eigenvalue weighted by Crippen LogP contribution is 2.26. The zero-order valence-corrected chi connectivity index (χ0v) is 7.87. The zero-order chi connectivity index (χ0) is 8.27. The van der Waals surface area contributed by atoms with Crippen molar-refractivity contribution < 1.29 is 4.74 Å². The second kappa shape index (κ2) is 3.83. The minimum atomic E-state index is 0.549. The summed E-state index contributed by atoms with van der Waals surface area (Å²) in [6.07, 6.45) is 3.65. The third-order valence-electron chi connectivity index (χ3n) is 1.22. The first-order valence-corrected chi connectivity index (χ1v) is 4.61. The topological polar surface area (TPSA) is 22.1 Å². The summed E-state index contributed by atoms with van der Waals surface area (Å²) in [4.78, 5) is 4.97. The molecule has 0 saturated heterocycles. The highest BCUT2D eigenvalue weighted by atomic mass is 35.5. The number of thioether (sulfide) groups is 1. The maximum absolute atomic E-state index is 5.87. The Balaban J connectivity index is 2.99. The van der Waals surface area contributed by atoms with Crippen molar-refractivity contribution in [1.29, 1.82) is 0 Å². The summed E-state index contributed by atoms with van der Waals surface area (Å²) >= 11 is 7.43. The number of hydrogen-bond donors (Lipinski definition) is 0. The molecule has 0 saturated carbocycles. The lowest BCUT2D eigenvalue weighted by molar-refractivity contribution is 0.397. The van der Waals surface area contributed by atoms with E-state index in [1.807, 2.05) is 6.26 Å². The smallest absolute Gasteiger partial charge is 0.214 e. The Morgan fingerprint density at radius 3 is 2.82 bits per heavy atom. The number of rotatable bonds is 2. The van der Waals surface area contributed by atoms with E-state index in [1.165, 1.54) is 0 Å². The van der Waals surface area contributed by atoms with Gasteiger partial charge in [-0.2, -0.15) is 0 Å². The van der Waals surface area contributed by atoms with Crippen molar-refractivity contribution in [2.75, 3.05) is 13.4 Å². The van der Waals surface area contributed by atoms with Gasteiger partial charge in [0.15, 0.2) is 0 Å². The van der Waals surface area contributed by atoms with E-state index in [4.69, 9.17) is 16.3 Å². The van der Waals surface area contributed by atoms with Gasteiger partial charge in [-0.3, -0.25) is 0 Å². The molecule has 0 aliphatic heterocycles. The molecule has 1 rings (SSSR count). The Hall–Kier alpha value is -0.410. The molecular weight excluding hydrogens is 182 g/mol. The minimum absolute atomic E-state index is 0.549. The SMILES string of the molecule is COc1cc(Cl)c(SC)cn1. The van der Waals surface area contributed by atoms with Crippen LogP contribution in [-0.4, -0.2) is 18.3 Å². The Kier molecular flexibility index (Phi) is 3.02. The normalized spacial score (nSPS) is 9.73. The van der Waals surface area contributed by atoms with Crippen molar-refractivity contribution in [1.82, 2.24) is 4.98 Å². The van der Waals surface area contributed by atoms with Gasteiger partial charge in [0.25, 0.3) is 0 Å². The summed E-state index contributed by atoms with van der Waals surface area (Å²) < 4.78 is 4.89. The Morgan fingerprint density at radius 2 is 2.36 bits per heavy atom. The predicted octanol–water partition coefficient (Wildman–Crippen LogP) is 2.47. The second-order valence-electron chi connectivity index (χ2n) is 1.86. The van der Waals surface area contributed by atoms with Crippen LogP contribution < -0.4 is 4.74 Å². The van der Waals surface area contributed by atoms with Crippen LogP contribution in [0.25, 0.3) is 0 Å². The van der Waals surface area contributed by atoms with Crippen LogP contribution in [0.4, 0.5) is 0 Å². The lowest BCUT2D eigenvalue weighted by Crippen LogP contribution is -1.87. The van der Waals surface area contributed by atoms with Crippen LogP contribution in [0.15, 0.2) is 17.2 Å². The van der Waals surface area contributed by atoms with Crippen LogP contribution in [0.3, 0.4) is 0 Å². The molecule has 1 heterocycles. The first-order valence-electron chi connectivity index (χ1n) is 3.01. The number of ether oxygens (including phenoxy) is 1. The van der Waals surface area contributed by atoms with Crippen LogP contribution in [0.5, 0.6) is 5.88 Å². The molecule has 0 radical (unpaired) electrons. The molecule has 0 N–H and O–H groups in total. The molecule has 2 nitrogen and oxygen atoms in total. The summed E-state index contributed by atoms with van der Waals surface area (Å²) in [5.74, 6) is 0.549. The highest BCUT2D eigenvalue weighted by molar-refractivity contribution is 7.98. The van der Waals surface area contributed by atoms with E-state index in [0.29, 0.717) is 10.9 Å². The van der Waals surface area contributed by atoms with Gasteiger partial charge in [-0.05, 0) is 6.26 Å². The Labute approximate surface area is 74.9 Å². The largest absolute Gasteiger partial charge is 0.481 e. The van der Waals surface area contributed by atoms with Crippen molar-refractivity contribution in [3.63, 3.8) is 0 Å². The van der Waals surface area contributed by atoms with Crippen LogP contribution in [0.1, 0.15) is 0 Å². The van der Waals surface area contributed by atoms with Gasteiger partial charge in [0.1, 0.15) is 0 Å². The Morgan fingerprint density at radius 1 is 1.64 bits per heavy atom. The standard InChI is InChI=1S/C7H8ClNOS/c1-10-7-3-5(8)6(11-2)4-9-7/h3-4H,1-2H3. The summed E-state index contributed by atoms with van der Waals surface area (Å²) in [7, 11) is 1.57. The quantitative estimate of drug-likeness (QED) is 0.668. The maximum atomic E-state index is 5.87. The number of aromatic nitrogens is 1. The fraction of sp³-hybridized carbons (Fsp3) is 0.286. The van der Waals surface area contributed by atoms with E-state index in [2.05, 4.69) is 4.98 Å². The molecule has 1 aromatic rings. The van der Waals surface area contributed by atoms with Crippen LogP contribution in [0.2, 0.25) is 5.02 Å². The second-order valence-corrected chi connectivity index (χ2v) is 3.12. The molecule has 0 atom stereocenters. The molecule has 0 unspecified atom stereocenters. The molecule has 4 heteroatoms. The summed E-state index contributed by atoms with van der Waals surface area (Å²) in [5, 5.41) is 0.685. The average molecular weight is 190 g/mol. The summed E-state index contributed by atoms with van der Waals surface area (Å²) in [6.45, 7) is 0. The molecule has 0 amide bonds. The number of halogens is 1. The first kappa shape index (κ1) is 8.68. The third kappa shape index (κ3) is 2.01. The number of pyridine rings is 1. The maximum Gasteiger partial charge on any atom is 0.214 e. The monoisotopic (exact) mass is 189 g/mol.